The van der Waals surface area contributed by atoms with Crippen LogP contribution < -0.4 is 20.5 Å². The standard InChI is InChI=1S/C17H21N3O5/c1-10-13(11(2)25-20-10)7-17(22)19-8-12-4-5-14(15(6-12)23-3)24-9-16(18)21/h4-6H,7-9H2,1-3H3,(H2,18,21)(H,19,22). The molecule has 0 aliphatic carbocycles. The van der Waals surface area contributed by atoms with Gasteiger partial charge in [0.15, 0.2) is 18.1 Å². The van der Waals surface area contributed by atoms with E-state index in [2.05, 4.69) is 10.5 Å². The summed E-state index contributed by atoms with van der Waals surface area (Å²) in [6, 6.07) is 5.17. The zero-order chi connectivity index (χ0) is 18.4. The highest BCUT2D eigenvalue weighted by Crippen LogP contribution is 2.28. The maximum Gasteiger partial charge on any atom is 0.255 e. The van der Waals surface area contributed by atoms with Crippen molar-refractivity contribution in [2.24, 2.45) is 5.73 Å². The number of hydrogen-bond acceptors (Lipinski definition) is 6. The molecule has 134 valence electrons. The van der Waals surface area contributed by atoms with Gasteiger partial charge < -0.3 is 25.0 Å². The fraction of sp³-hybridized carbons (Fsp3) is 0.353. The first kappa shape index (κ1) is 18.3. The Bertz CT molecular complexity index is 750. The summed E-state index contributed by atoms with van der Waals surface area (Å²) in [5.41, 5.74) is 7.39. The van der Waals surface area contributed by atoms with Crippen LogP contribution in [-0.2, 0) is 22.6 Å². The molecule has 3 N–H and O–H groups in total. The van der Waals surface area contributed by atoms with Gasteiger partial charge in [-0.25, -0.2) is 0 Å². The molecular weight excluding hydrogens is 326 g/mol. The Morgan fingerprint density at radius 3 is 2.64 bits per heavy atom. The van der Waals surface area contributed by atoms with E-state index in [1.54, 1.807) is 32.0 Å². The number of hydrogen-bond donors (Lipinski definition) is 2. The highest BCUT2D eigenvalue weighted by Gasteiger charge is 2.13. The largest absolute Gasteiger partial charge is 0.493 e. The number of benzene rings is 1. The first-order valence-electron chi connectivity index (χ1n) is 7.67. The minimum absolute atomic E-state index is 0.137. The van der Waals surface area contributed by atoms with Gasteiger partial charge in [0.25, 0.3) is 5.91 Å². The Morgan fingerprint density at radius 2 is 2.04 bits per heavy atom. The van der Waals surface area contributed by atoms with Crippen LogP contribution in [-0.4, -0.2) is 30.7 Å². The van der Waals surface area contributed by atoms with Gasteiger partial charge in [0.05, 0.1) is 19.2 Å². The number of nitrogens with zero attached hydrogens (tertiary/aromatic N) is 1. The number of rotatable bonds is 8. The lowest BCUT2D eigenvalue weighted by molar-refractivity contribution is -0.121. The second-order valence-electron chi connectivity index (χ2n) is 5.50. The number of carbonyl (C=O) groups is 2. The predicted octanol–water partition coefficient (Wildman–Crippen LogP) is 1.02. The van der Waals surface area contributed by atoms with E-state index in [9.17, 15) is 9.59 Å². The van der Waals surface area contributed by atoms with E-state index in [4.69, 9.17) is 19.7 Å². The lowest BCUT2D eigenvalue weighted by Gasteiger charge is -2.12. The van der Waals surface area contributed by atoms with E-state index in [1.807, 2.05) is 0 Å². The molecule has 1 aromatic carbocycles. The molecule has 0 saturated heterocycles. The first-order chi connectivity index (χ1) is 11.9. The molecule has 1 aromatic heterocycles. The number of ether oxygens (including phenoxy) is 2. The molecule has 1 heterocycles. The van der Waals surface area contributed by atoms with Crippen LogP contribution in [0.3, 0.4) is 0 Å². The number of methoxy groups -OCH3 is 1. The Labute approximate surface area is 145 Å². The fourth-order valence-electron chi connectivity index (χ4n) is 2.27. The van der Waals surface area contributed by atoms with Crippen molar-refractivity contribution in [3.63, 3.8) is 0 Å². The molecular formula is C17H21N3O5. The zero-order valence-electron chi connectivity index (χ0n) is 14.4. The van der Waals surface area contributed by atoms with Gasteiger partial charge in [-0.3, -0.25) is 9.59 Å². The summed E-state index contributed by atoms with van der Waals surface area (Å²) < 4.78 is 15.5. The van der Waals surface area contributed by atoms with Gasteiger partial charge in [-0.2, -0.15) is 0 Å². The summed E-state index contributed by atoms with van der Waals surface area (Å²) >= 11 is 0. The molecule has 2 amide bonds. The third kappa shape index (κ3) is 4.97. The smallest absolute Gasteiger partial charge is 0.255 e. The topological polar surface area (TPSA) is 117 Å². The van der Waals surface area contributed by atoms with Crippen LogP contribution in [0.15, 0.2) is 22.7 Å². The Balaban J connectivity index is 1.96. The summed E-state index contributed by atoms with van der Waals surface area (Å²) in [6.45, 7) is 3.67. The van der Waals surface area contributed by atoms with Crippen LogP contribution in [0.25, 0.3) is 0 Å². The highest BCUT2D eigenvalue weighted by molar-refractivity contribution is 5.79. The second-order valence-corrected chi connectivity index (χ2v) is 5.50. The number of nitrogens with one attached hydrogen (secondary N) is 1. The van der Waals surface area contributed by atoms with E-state index in [-0.39, 0.29) is 18.9 Å². The summed E-state index contributed by atoms with van der Waals surface area (Å²) in [7, 11) is 1.49. The van der Waals surface area contributed by atoms with Crippen molar-refractivity contribution in [1.82, 2.24) is 10.5 Å². The Morgan fingerprint density at radius 1 is 1.28 bits per heavy atom. The van der Waals surface area contributed by atoms with E-state index >= 15 is 0 Å². The molecule has 0 atom stereocenters. The van der Waals surface area contributed by atoms with Crippen molar-refractivity contribution >= 4 is 11.8 Å². The van der Waals surface area contributed by atoms with Crippen LogP contribution in [0.5, 0.6) is 11.5 Å². The number of aromatic nitrogens is 1. The van der Waals surface area contributed by atoms with E-state index in [0.717, 1.165) is 11.1 Å². The summed E-state index contributed by atoms with van der Waals surface area (Å²) in [5, 5.41) is 6.67. The molecule has 0 fully saturated rings. The van der Waals surface area contributed by atoms with Crippen LogP contribution >= 0.6 is 0 Å². The van der Waals surface area contributed by atoms with Crippen LogP contribution in [0.2, 0.25) is 0 Å². The average molecular weight is 347 g/mol. The third-order valence-electron chi connectivity index (χ3n) is 3.61. The summed E-state index contributed by atoms with van der Waals surface area (Å²) in [4.78, 5) is 22.9. The van der Waals surface area contributed by atoms with E-state index in [1.165, 1.54) is 7.11 Å². The van der Waals surface area contributed by atoms with Crippen LogP contribution in [0, 0.1) is 13.8 Å². The van der Waals surface area contributed by atoms with Crippen molar-refractivity contribution in [1.29, 1.82) is 0 Å². The number of amides is 2. The number of carbonyl (C=O) groups excluding carboxylic acids is 2. The van der Waals surface area contributed by atoms with Gasteiger partial charge in [-0.05, 0) is 31.5 Å². The van der Waals surface area contributed by atoms with Crippen molar-refractivity contribution < 1.29 is 23.6 Å². The minimum atomic E-state index is -0.572. The summed E-state index contributed by atoms with van der Waals surface area (Å²) in [5.74, 6) is 0.802. The van der Waals surface area contributed by atoms with Gasteiger partial charge >= 0.3 is 0 Å². The van der Waals surface area contributed by atoms with Gasteiger partial charge in [0.1, 0.15) is 5.76 Å². The molecule has 0 spiro atoms. The van der Waals surface area contributed by atoms with Gasteiger partial charge in [-0.1, -0.05) is 11.2 Å². The van der Waals surface area contributed by atoms with Crippen molar-refractivity contribution in [3.05, 3.63) is 40.8 Å². The maximum atomic E-state index is 12.1. The summed E-state index contributed by atoms with van der Waals surface area (Å²) in [6.07, 6.45) is 0.206. The lowest BCUT2D eigenvalue weighted by Crippen LogP contribution is -2.25. The molecule has 0 bridgehead atoms. The maximum absolute atomic E-state index is 12.1. The molecule has 25 heavy (non-hydrogen) atoms. The highest BCUT2D eigenvalue weighted by atomic mass is 16.5. The number of aryl methyl sites for hydroxylation is 2. The molecule has 0 radical (unpaired) electrons. The monoisotopic (exact) mass is 347 g/mol. The SMILES string of the molecule is COc1cc(CNC(=O)Cc2c(C)noc2C)ccc1OCC(N)=O. The van der Waals surface area contributed by atoms with Crippen molar-refractivity contribution in [3.8, 4) is 11.5 Å². The number of nitrogens with two attached hydrogens (primary N) is 1. The molecule has 8 heteroatoms. The Hall–Kier alpha value is -3.03. The predicted molar refractivity (Wildman–Crippen MR) is 89.2 cm³/mol. The van der Waals surface area contributed by atoms with Crippen molar-refractivity contribution in [2.45, 2.75) is 26.8 Å². The molecule has 0 unspecified atom stereocenters. The zero-order valence-corrected chi connectivity index (χ0v) is 14.4. The molecule has 2 rings (SSSR count). The molecule has 8 nitrogen and oxygen atoms in total. The van der Waals surface area contributed by atoms with Crippen LogP contribution in [0.4, 0.5) is 0 Å². The van der Waals surface area contributed by atoms with Crippen LogP contribution in [0.1, 0.15) is 22.6 Å². The normalized spacial score (nSPS) is 10.4. The first-order valence-corrected chi connectivity index (χ1v) is 7.67. The third-order valence-corrected chi connectivity index (χ3v) is 3.61. The van der Waals surface area contributed by atoms with Gasteiger partial charge in [0.2, 0.25) is 5.91 Å². The Kier molecular flexibility index (Phi) is 5.99. The lowest BCUT2D eigenvalue weighted by atomic mass is 10.1. The van der Waals surface area contributed by atoms with E-state index < -0.39 is 5.91 Å². The molecule has 0 aliphatic rings. The fourth-order valence-corrected chi connectivity index (χ4v) is 2.27. The molecule has 0 aliphatic heterocycles. The molecule has 2 aromatic rings. The van der Waals surface area contributed by atoms with E-state index in [0.29, 0.717) is 29.5 Å². The van der Waals surface area contributed by atoms with Crippen molar-refractivity contribution in [2.75, 3.05) is 13.7 Å². The quantitative estimate of drug-likeness (QED) is 0.736. The van der Waals surface area contributed by atoms with Gasteiger partial charge in [-0.15, -0.1) is 0 Å². The average Bonchev–Trinajstić information content (AvgIpc) is 2.90. The second kappa shape index (κ2) is 8.18. The van der Waals surface area contributed by atoms with Gasteiger partial charge in [0, 0.05) is 12.1 Å². The number of primary amides is 1. The molecule has 0 saturated carbocycles. The minimum Gasteiger partial charge on any atom is -0.493 e.